The van der Waals surface area contributed by atoms with Gasteiger partial charge in [0.1, 0.15) is 17.8 Å². The van der Waals surface area contributed by atoms with Gasteiger partial charge < -0.3 is 39.0 Å². The first-order chi connectivity index (χ1) is 20.1. The van der Waals surface area contributed by atoms with E-state index in [0.29, 0.717) is 5.57 Å². The molecule has 12 nitrogen and oxygen atoms in total. The molecule has 234 valence electrons. The molecule has 0 aromatic heterocycles. The average Bonchev–Trinajstić information content (AvgIpc) is 2.95. The minimum Gasteiger partial charge on any atom is -0.455 e. The van der Waals surface area contributed by atoms with E-state index in [1.807, 2.05) is 0 Å². The fourth-order valence-corrected chi connectivity index (χ4v) is 7.83. The van der Waals surface area contributed by atoms with Crippen molar-refractivity contribution in [3.05, 3.63) is 47.0 Å². The predicted octanol–water partition coefficient (Wildman–Crippen LogP) is 1.87. The number of hydrogen-bond donors (Lipinski definition) is 3. The summed E-state index contributed by atoms with van der Waals surface area (Å²) in [5.41, 5.74) is -6.69. The maximum Gasteiger partial charge on any atom is 0.508 e. The number of carbonyl (C=O) groups excluding carboxylic acids is 4. The van der Waals surface area contributed by atoms with Gasteiger partial charge in [0.15, 0.2) is 17.5 Å². The first kappa shape index (κ1) is 31.1. The van der Waals surface area contributed by atoms with Crippen LogP contribution in [0.4, 0.5) is 4.79 Å². The molecular formula is C31H38O12. The molecule has 1 heterocycles. The highest BCUT2D eigenvalue weighted by Gasteiger charge is 2.78. The van der Waals surface area contributed by atoms with Crippen LogP contribution in [0.2, 0.25) is 0 Å². The molecule has 3 N–H and O–H groups in total. The van der Waals surface area contributed by atoms with E-state index in [0.717, 1.165) is 14.0 Å². The molecule has 2 saturated carbocycles. The number of rotatable bonds is 4. The standard InChI is InChI=1S/C31H38O12/c1-15-18(33)13-31(38)25(42-26(36)17-10-8-7-9-11-17)23-29(5,24(35)22(41-16(2)32)21(15)28(31,3)4)19(34)12-20-30(23,14-40-20)43-27(37)39-6/h7-11,18-20,22-23,25,33-34,38H,12-14H2,1-6H3/t18-,19-,20+,22+,23?,25-,29+,30-,31+/m0/s1. The second kappa shape index (κ2) is 10.4. The normalized spacial score (nSPS) is 39.6. The van der Waals surface area contributed by atoms with Crippen LogP contribution in [0.5, 0.6) is 0 Å². The van der Waals surface area contributed by atoms with E-state index in [1.54, 1.807) is 39.0 Å². The zero-order valence-corrected chi connectivity index (χ0v) is 25.0. The molecular weight excluding hydrogens is 564 g/mol. The molecule has 4 aliphatic rings. The van der Waals surface area contributed by atoms with Crippen LogP contribution in [0.15, 0.2) is 41.5 Å². The van der Waals surface area contributed by atoms with E-state index >= 15 is 0 Å². The monoisotopic (exact) mass is 602 g/mol. The van der Waals surface area contributed by atoms with Crippen molar-refractivity contribution in [1.82, 2.24) is 0 Å². The summed E-state index contributed by atoms with van der Waals surface area (Å²) < 4.78 is 28.2. The third kappa shape index (κ3) is 4.33. The molecule has 1 aromatic rings. The molecule has 1 aliphatic heterocycles. The number of ether oxygens (including phenoxy) is 5. The van der Waals surface area contributed by atoms with Gasteiger partial charge >= 0.3 is 18.1 Å². The lowest BCUT2D eigenvalue weighted by Crippen LogP contribution is -2.82. The highest BCUT2D eigenvalue weighted by molar-refractivity contribution is 5.95. The third-order valence-corrected chi connectivity index (χ3v) is 10.3. The Balaban J connectivity index is 1.84. The van der Waals surface area contributed by atoms with E-state index in [1.165, 1.54) is 19.1 Å². The van der Waals surface area contributed by atoms with E-state index in [2.05, 4.69) is 0 Å². The van der Waals surface area contributed by atoms with Crippen LogP contribution in [0.25, 0.3) is 0 Å². The lowest BCUT2D eigenvalue weighted by atomic mass is 9.44. The van der Waals surface area contributed by atoms with Gasteiger partial charge in [0.25, 0.3) is 0 Å². The molecule has 0 amide bonds. The highest BCUT2D eigenvalue weighted by atomic mass is 16.8. The van der Waals surface area contributed by atoms with Gasteiger partial charge in [-0.25, -0.2) is 9.59 Å². The number of esters is 2. The molecule has 43 heavy (non-hydrogen) atoms. The van der Waals surface area contributed by atoms with Gasteiger partial charge in [0.05, 0.1) is 42.8 Å². The molecule has 1 unspecified atom stereocenters. The van der Waals surface area contributed by atoms with Gasteiger partial charge in [0.2, 0.25) is 0 Å². The molecule has 2 bridgehead atoms. The number of carbonyl (C=O) groups is 4. The average molecular weight is 603 g/mol. The molecule has 12 heteroatoms. The number of Topliss-reactive ketones (excluding diaryl/α,β-unsaturated/α-hetero) is 1. The first-order valence-corrected chi connectivity index (χ1v) is 14.2. The topological polar surface area (TPSA) is 175 Å². The van der Waals surface area contributed by atoms with Crippen LogP contribution < -0.4 is 0 Å². The summed E-state index contributed by atoms with van der Waals surface area (Å²) in [6.07, 6.45) is -8.69. The number of aliphatic hydroxyl groups is 3. The fourth-order valence-electron chi connectivity index (χ4n) is 7.83. The minimum absolute atomic E-state index is 0.136. The van der Waals surface area contributed by atoms with Crippen molar-refractivity contribution < 1.29 is 58.2 Å². The van der Waals surface area contributed by atoms with Crippen LogP contribution in [0, 0.1) is 16.7 Å². The van der Waals surface area contributed by atoms with Crippen molar-refractivity contribution in [3.8, 4) is 0 Å². The molecule has 0 radical (unpaired) electrons. The summed E-state index contributed by atoms with van der Waals surface area (Å²) in [6.45, 7) is 7.06. The lowest BCUT2D eigenvalue weighted by Gasteiger charge is -2.67. The van der Waals surface area contributed by atoms with Crippen molar-refractivity contribution in [2.24, 2.45) is 16.7 Å². The summed E-state index contributed by atoms with van der Waals surface area (Å²) >= 11 is 0. The first-order valence-electron chi connectivity index (χ1n) is 14.2. The maximum absolute atomic E-state index is 14.8. The highest BCUT2D eigenvalue weighted by Crippen LogP contribution is 2.64. The SMILES string of the molecule is COC(=O)O[C@@]12CO[C@@H]1C[C@H](O)[C@@]1(C)C(=O)[C@H](OC(C)=O)C3=C(C)[C@@H](O)C[C@@](O)([C@@H](OC(=O)c4ccccc4)C12)C3(C)C. The number of methoxy groups -OCH3 is 1. The summed E-state index contributed by atoms with van der Waals surface area (Å²) in [5.74, 6) is -3.87. The Hall–Kier alpha value is -3.32. The number of aliphatic hydroxyl groups excluding tert-OH is 2. The summed E-state index contributed by atoms with van der Waals surface area (Å²) in [6, 6.07) is 7.98. The molecule has 5 rings (SSSR count). The van der Waals surface area contributed by atoms with Gasteiger partial charge in [0, 0.05) is 25.2 Å². The van der Waals surface area contributed by atoms with Crippen molar-refractivity contribution in [1.29, 1.82) is 0 Å². The molecule has 3 fully saturated rings. The zero-order valence-electron chi connectivity index (χ0n) is 25.0. The predicted molar refractivity (Wildman–Crippen MR) is 146 cm³/mol. The van der Waals surface area contributed by atoms with E-state index in [9.17, 15) is 34.5 Å². The smallest absolute Gasteiger partial charge is 0.455 e. The van der Waals surface area contributed by atoms with Gasteiger partial charge in [-0.1, -0.05) is 32.0 Å². The second-order valence-corrected chi connectivity index (χ2v) is 12.7. The summed E-state index contributed by atoms with van der Waals surface area (Å²) in [7, 11) is 1.10. The van der Waals surface area contributed by atoms with Crippen LogP contribution >= 0.6 is 0 Å². The Morgan fingerprint density at radius 3 is 2.26 bits per heavy atom. The summed E-state index contributed by atoms with van der Waals surface area (Å²) in [5, 5.41) is 35.9. The van der Waals surface area contributed by atoms with Crippen molar-refractivity contribution in [3.63, 3.8) is 0 Å². The van der Waals surface area contributed by atoms with Gasteiger partial charge in [-0.3, -0.25) is 9.59 Å². The quantitative estimate of drug-likeness (QED) is 0.260. The molecule has 1 aromatic carbocycles. The molecule has 3 aliphatic carbocycles. The van der Waals surface area contributed by atoms with Crippen molar-refractivity contribution in [2.75, 3.05) is 13.7 Å². The lowest BCUT2D eigenvalue weighted by molar-refractivity contribution is -0.344. The van der Waals surface area contributed by atoms with Crippen LogP contribution in [0.3, 0.4) is 0 Å². The molecule has 9 atom stereocenters. The largest absolute Gasteiger partial charge is 0.508 e. The molecule has 1 saturated heterocycles. The van der Waals surface area contributed by atoms with Crippen LogP contribution in [-0.4, -0.2) is 94.6 Å². The minimum atomic E-state index is -2.15. The number of hydrogen-bond acceptors (Lipinski definition) is 12. The van der Waals surface area contributed by atoms with Gasteiger partial charge in [-0.15, -0.1) is 0 Å². The number of fused-ring (bicyclic) bond motifs is 5. The Morgan fingerprint density at radius 2 is 1.70 bits per heavy atom. The third-order valence-electron chi connectivity index (χ3n) is 10.3. The zero-order chi connectivity index (χ0) is 31.7. The van der Waals surface area contributed by atoms with Crippen LogP contribution in [-0.2, 0) is 33.3 Å². The maximum atomic E-state index is 14.8. The molecule has 0 spiro atoms. The van der Waals surface area contributed by atoms with Crippen molar-refractivity contribution >= 4 is 23.9 Å². The Morgan fingerprint density at radius 1 is 1.05 bits per heavy atom. The van der Waals surface area contributed by atoms with E-state index in [-0.39, 0.29) is 30.6 Å². The van der Waals surface area contributed by atoms with Gasteiger partial charge in [-0.2, -0.15) is 0 Å². The van der Waals surface area contributed by atoms with E-state index in [4.69, 9.17) is 23.7 Å². The fraction of sp³-hybridized carbons (Fsp3) is 0.613. The second-order valence-electron chi connectivity index (χ2n) is 12.7. The van der Waals surface area contributed by atoms with Crippen molar-refractivity contribution in [2.45, 2.75) is 89.2 Å². The van der Waals surface area contributed by atoms with Crippen LogP contribution in [0.1, 0.15) is 57.8 Å². The Labute approximate surface area is 248 Å². The Bertz CT molecular complexity index is 1370. The summed E-state index contributed by atoms with van der Waals surface area (Å²) in [4.78, 5) is 53.7. The number of ketones is 1. The van der Waals surface area contributed by atoms with Gasteiger partial charge in [-0.05, 0) is 37.1 Å². The van der Waals surface area contributed by atoms with E-state index < -0.39 is 82.3 Å². The Kier molecular flexibility index (Phi) is 7.52. The number of benzene rings is 1.